The summed E-state index contributed by atoms with van der Waals surface area (Å²) >= 11 is 0. The van der Waals surface area contributed by atoms with Gasteiger partial charge in [0, 0.05) is 25.7 Å². The molecule has 0 bridgehead atoms. The highest BCUT2D eigenvalue weighted by molar-refractivity contribution is 7.89. The van der Waals surface area contributed by atoms with Crippen molar-refractivity contribution in [3.63, 3.8) is 0 Å². The Bertz CT molecular complexity index is 586. The first kappa shape index (κ1) is 16.4. The normalized spacial score (nSPS) is 21.9. The molecule has 1 fully saturated rings. The fourth-order valence-corrected chi connectivity index (χ4v) is 4.01. The smallest absolute Gasteiger partial charge is 0.242 e. The van der Waals surface area contributed by atoms with E-state index in [0.717, 1.165) is 24.9 Å². The molecule has 0 radical (unpaired) electrons. The van der Waals surface area contributed by atoms with Crippen molar-refractivity contribution >= 4 is 10.0 Å². The lowest BCUT2D eigenvalue weighted by molar-refractivity contribution is 0.271. The van der Waals surface area contributed by atoms with Gasteiger partial charge >= 0.3 is 0 Å². The van der Waals surface area contributed by atoms with Gasteiger partial charge in [0.25, 0.3) is 0 Å². The Balaban J connectivity index is 2.18. The Morgan fingerprint density at radius 3 is 2.76 bits per heavy atom. The van der Waals surface area contributed by atoms with Gasteiger partial charge in [-0.2, -0.15) is 4.31 Å². The molecular formula is C15H25N3O2S. The number of likely N-dealkylation sites (tertiary alicyclic amines) is 1. The van der Waals surface area contributed by atoms with E-state index < -0.39 is 10.0 Å². The van der Waals surface area contributed by atoms with Crippen molar-refractivity contribution in [2.45, 2.75) is 36.7 Å². The first-order chi connectivity index (χ1) is 9.82. The molecule has 0 saturated carbocycles. The minimum atomic E-state index is -3.45. The monoisotopic (exact) mass is 311 g/mol. The fraction of sp³-hybridized carbons (Fsp3) is 0.600. The Morgan fingerprint density at radius 1 is 1.48 bits per heavy atom. The van der Waals surface area contributed by atoms with E-state index in [0.29, 0.717) is 17.5 Å². The molecule has 2 rings (SSSR count). The summed E-state index contributed by atoms with van der Waals surface area (Å²) in [4.78, 5) is 2.55. The number of hydrogen-bond acceptors (Lipinski definition) is 4. The molecule has 1 aromatic carbocycles. The van der Waals surface area contributed by atoms with Crippen LogP contribution in [0.3, 0.4) is 0 Å². The third-order valence-corrected chi connectivity index (χ3v) is 6.05. The maximum Gasteiger partial charge on any atom is 0.242 e. The molecule has 0 spiro atoms. The van der Waals surface area contributed by atoms with Gasteiger partial charge in [0.05, 0.1) is 4.90 Å². The van der Waals surface area contributed by atoms with Crippen LogP contribution in [0.4, 0.5) is 0 Å². The predicted molar refractivity (Wildman–Crippen MR) is 84.5 cm³/mol. The van der Waals surface area contributed by atoms with E-state index in [1.54, 1.807) is 25.2 Å². The third kappa shape index (κ3) is 3.63. The lowest BCUT2D eigenvalue weighted by Gasteiger charge is -2.25. The second-order valence-corrected chi connectivity index (χ2v) is 7.97. The van der Waals surface area contributed by atoms with Crippen LogP contribution in [-0.4, -0.2) is 50.8 Å². The highest BCUT2D eigenvalue weighted by Gasteiger charge is 2.28. The summed E-state index contributed by atoms with van der Waals surface area (Å²) in [5.74, 6) is 0. The minimum absolute atomic E-state index is 0.175. The average Bonchev–Trinajstić information content (AvgIpc) is 2.84. The van der Waals surface area contributed by atoms with Crippen LogP contribution in [0.5, 0.6) is 0 Å². The summed E-state index contributed by atoms with van der Waals surface area (Å²) in [5, 5.41) is 0. The van der Waals surface area contributed by atoms with Crippen LogP contribution in [0, 0.1) is 0 Å². The van der Waals surface area contributed by atoms with E-state index in [4.69, 9.17) is 5.73 Å². The van der Waals surface area contributed by atoms with E-state index in [-0.39, 0.29) is 6.04 Å². The summed E-state index contributed by atoms with van der Waals surface area (Å²) in [5.41, 5.74) is 6.67. The molecule has 5 nitrogen and oxygen atoms in total. The molecule has 1 saturated heterocycles. The van der Waals surface area contributed by atoms with E-state index in [2.05, 4.69) is 11.9 Å². The number of hydrogen-bond donors (Lipinski definition) is 1. The molecule has 21 heavy (non-hydrogen) atoms. The van der Waals surface area contributed by atoms with Gasteiger partial charge in [-0.25, -0.2) is 8.42 Å². The Hall–Kier alpha value is -0.950. The molecule has 2 unspecified atom stereocenters. The third-order valence-electron chi connectivity index (χ3n) is 4.23. The quantitative estimate of drug-likeness (QED) is 0.893. The second-order valence-electron chi connectivity index (χ2n) is 5.92. The standard InChI is InChI=1S/C15H25N3O2S/c1-12(16)13-6-4-8-15(10-13)21(19,20)18(3)11-14-7-5-9-17(14)2/h4,6,8,10,12,14H,5,7,9,11,16H2,1-3H3. The molecule has 1 aliphatic heterocycles. The van der Waals surface area contributed by atoms with Gasteiger partial charge in [-0.1, -0.05) is 12.1 Å². The van der Waals surface area contributed by atoms with Gasteiger partial charge in [0.15, 0.2) is 0 Å². The molecule has 0 aromatic heterocycles. The van der Waals surface area contributed by atoms with E-state index in [1.165, 1.54) is 4.31 Å². The van der Waals surface area contributed by atoms with Gasteiger partial charge in [-0.05, 0) is 51.1 Å². The van der Waals surface area contributed by atoms with Crippen LogP contribution < -0.4 is 5.73 Å². The molecular weight excluding hydrogens is 286 g/mol. The molecule has 2 N–H and O–H groups in total. The van der Waals surface area contributed by atoms with E-state index >= 15 is 0 Å². The fourth-order valence-electron chi connectivity index (χ4n) is 2.74. The highest BCUT2D eigenvalue weighted by atomic mass is 32.2. The summed E-state index contributed by atoms with van der Waals surface area (Å²) in [6.45, 7) is 3.42. The van der Waals surface area contributed by atoms with Gasteiger partial charge in [-0.15, -0.1) is 0 Å². The lowest BCUT2D eigenvalue weighted by atomic mass is 10.1. The largest absolute Gasteiger partial charge is 0.324 e. The van der Waals surface area contributed by atoms with E-state index in [9.17, 15) is 8.42 Å². The summed E-state index contributed by atoms with van der Waals surface area (Å²) < 4.78 is 26.8. The molecule has 6 heteroatoms. The predicted octanol–water partition coefficient (Wildman–Crippen LogP) is 1.42. The van der Waals surface area contributed by atoms with Crippen molar-refractivity contribution in [3.05, 3.63) is 29.8 Å². The molecule has 1 heterocycles. The van der Waals surface area contributed by atoms with Gasteiger partial charge in [-0.3, -0.25) is 0 Å². The van der Waals surface area contributed by atoms with Crippen LogP contribution in [0.15, 0.2) is 29.2 Å². The number of benzene rings is 1. The second kappa shape index (κ2) is 6.44. The maximum absolute atomic E-state index is 12.7. The molecule has 1 aliphatic rings. The van der Waals surface area contributed by atoms with Crippen LogP contribution in [0.1, 0.15) is 31.4 Å². The summed E-state index contributed by atoms with van der Waals surface area (Å²) in [7, 11) is 0.248. The highest BCUT2D eigenvalue weighted by Crippen LogP contribution is 2.21. The van der Waals surface area contributed by atoms with Gasteiger partial charge in [0.2, 0.25) is 10.0 Å². The molecule has 118 valence electrons. The minimum Gasteiger partial charge on any atom is -0.324 e. The molecule has 0 amide bonds. The Labute approximate surface area is 127 Å². The zero-order valence-electron chi connectivity index (χ0n) is 13.0. The van der Waals surface area contributed by atoms with Crippen LogP contribution >= 0.6 is 0 Å². The number of sulfonamides is 1. The Morgan fingerprint density at radius 2 is 2.19 bits per heavy atom. The Kier molecular flexibility index (Phi) is 5.03. The van der Waals surface area contributed by atoms with Crippen LogP contribution in [0.2, 0.25) is 0 Å². The van der Waals surface area contributed by atoms with Crippen molar-refractivity contribution in [3.8, 4) is 0 Å². The SMILES string of the molecule is CC(N)c1cccc(S(=O)(=O)N(C)CC2CCCN2C)c1. The number of rotatable bonds is 5. The molecule has 1 aromatic rings. The van der Waals surface area contributed by atoms with E-state index in [1.807, 2.05) is 13.0 Å². The van der Waals surface area contributed by atoms with Crippen molar-refractivity contribution in [2.24, 2.45) is 5.73 Å². The average molecular weight is 311 g/mol. The molecule has 0 aliphatic carbocycles. The van der Waals surface area contributed by atoms with Crippen molar-refractivity contribution in [1.82, 2.24) is 9.21 Å². The zero-order valence-corrected chi connectivity index (χ0v) is 13.8. The number of nitrogens with two attached hydrogens (primary N) is 1. The van der Waals surface area contributed by atoms with Crippen molar-refractivity contribution < 1.29 is 8.42 Å². The number of likely N-dealkylation sites (N-methyl/N-ethyl adjacent to an activating group) is 2. The van der Waals surface area contributed by atoms with Gasteiger partial charge < -0.3 is 10.6 Å². The summed E-state index contributed by atoms with van der Waals surface area (Å²) in [6.07, 6.45) is 2.19. The molecule has 2 atom stereocenters. The first-order valence-corrected chi connectivity index (χ1v) is 8.78. The maximum atomic E-state index is 12.7. The zero-order chi connectivity index (χ0) is 15.6. The lowest BCUT2D eigenvalue weighted by Crippen LogP contribution is -2.39. The number of nitrogens with zero attached hydrogens (tertiary/aromatic N) is 2. The summed E-state index contributed by atoms with van der Waals surface area (Å²) in [6, 6.07) is 7.05. The van der Waals surface area contributed by atoms with Crippen molar-refractivity contribution in [1.29, 1.82) is 0 Å². The van der Waals surface area contributed by atoms with Crippen LogP contribution in [0.25, 0.3) is 0 Å². The topological polar surface area (TPSA) is 66.6 Å². The first-order valence-electron chi connectivity index (χ1n) is 7.34. The van der Waals surface area contributed by atoms with Gasteiger partial charge in [0.1, 0.15) is 0 Å². The van der Waals surface area contributed by atoms with Crippen molar-refractivity contribution in [2.75, 3.05) is 27.2 Å². The van der Waals surface area contributed by atoms with Crippen LogP contribution in [-0.2, 0) is 10.0 Å².